The maximum Gasteiger partial charge on any atom is 0.157 e. The van der Waals surface area contributed by atoms with Gasteiger partial charge in [-0.1, -0.05) is 12.2 Å². The molecule has 0 radical (unpaired) electrons. The van der Waals surface area contributed by atoms with Crippen molar-refractivity contribution in [2.45, 2.75) is 38.4 Å². The summed E-state index contributed by atoms with van der Waals surface area (Å²) in [6.07, 6.45) is 11.9. The summed E-state index contributed by atoms with van der Waals surface area (Å²) in [5, 5.41) is 0. The third kappa shape index (κ3) is 1.56. The van der Waals surface area contributed by atoms with Crippen molar-refractivity contribution >= 4 is 0 Å². The first-order valence-corrected chi connectivity index (χ1v) is 8.31. The zero-order valence-electron chi connectivity index (χ0n) is 11.5. The average molecular weight is 260 g/mol. The van der Waals surface area contributed by atoms with Crippen LogP contribution >= 0.6 is 0 Å². The van der Waals surface area contributed by atoms with Crippen molar-refractivity contribution in [2.75, 3.05) is 13.2 Å². The third-order valence-corrected chi connectivity index (χ3v) is 6.80. The van der Waals surface area contributed by atoms with E-state index in [0.717, 1.165) is 61.1 Å². The quantitative estimate of drug-likeness (QED) is 0.560. The normalized spacial score (nSPS) is 55.1. The standard InChI is InChI=1S/C17H24O2/c1-4-18-15(19-5-1)9-12-7-13-8-14(12)17-11-3-2-10(6-11)16(13)17/h2-3,10-17H,1,4-9H2. The molecule has 1 aliphatic heterocycles. The molecular weight excluding hydrogens is 236 g/mol. The predicted octanol–water partition coefficient (Wildman–Crippen LogP) is 3.23. The molecule has 7 unspecified atom stereocenters. The lowest BCUT2D eigenvalue weighted by molar-refractivity contribution is -0.189. The van der Waals surface area contributed by atoms with E-state index in [0.29, 0.717) is 0 Å². The Kier molecular flexibility index (Phi) is 2.43. The first-order chi connectivity index (χ1) is 9.40. The largest absolute Gasteiger partial charge is 0.353 e. The molecule has 19 heavy (non-hydrogen) atoms. The molecule has 104 valence electrons. The van der Waals surface area contributed by atoms with E-state index in [9.17, 15) is 0 Å². The van der Waals surface area contributed by atoms with Crippen LogP contribution in [0.25, 0.3) is 0 Å². The van der Waals surface area contributed by atoms with E-state index in [1.54, 1.807) is 0 Å². The summed E-state index contributed by atoms with van der Waals surface area (Å²) in [6, 6.07) is 0. The summed E-state index contributed by atoms with van der Waals surface area (Å²) >= 11 is 0. The fourth-order valence-electron chi connectivity index (χ4n) is 6.34. The molecule has 4 bridgehead atoms. The average Bonchev–Trinajstić information content (AvgIpc) is 3.18. The van der Waals surface area contributed by atoms with Crippen LogP contribution in [0.1, 0.15) is 32.1 Å². The van der Waals surface area contributed by atoms with Crippen molar-refractivity contribution in [3.05, 3.63) is 12.2 Å². The second kappa shape index (κ2) is 4.08. The SMILES string of the molecule is C1=CC2CC1C1C3CC(CC4OCCCO4)C(C3)C21. The van der Waals surface area contributed by atoms with Gasteiger partial charge in [0.25, 0.3) is 0 Å². The van der Waals surface area contributed by atoms with E-state index < -0.39 is 0 Å². The Morgan fingerprint density at radius 3 is 2.53 bits per heavy atom. The van der Waals surface area contributed by atoms with Crippen LogP contribution in [0.15, 0.2) is 12.2 Å². The summed E-state index contributed by atoms with van der Waals surface area (Å²) in [4.78, 5) is 0. The van der Waals surface area contributed by atoms with Crippen molar-refractivity contribution in [1.29, 1.82) is 0 Å². The van der Waals surface area contributed by atoms with Gasteiger partial charge in [-0.3, -0.25) is 0 Å². The van der Waals surface area contributed by atoms with E-state index in [4.69, 9.17) is 9.47 Å². The molecule has 7 atom stereocenters. The molecule has 2 heteroatoms. The Labute approximate surface area is 115 Å². The zero-order valence-corrected chi connectivity index (χ0v) is 11.5. The maximum absolute atomic E-state index is 5.78. The smallest absolute Gasteiger partial charge is 0.157 e. The van der Waals surface area contributed by atoms with Gasteiger partial charge in [0.2, 0.25) is 0 Å². The topological polar surface area (TPSA) is 18.5 Å². The van der Waals surface area contributed by atoms with Crippen LogP contribution in [0.5, 0.6) is 0 Å². The van der Waals surface area contributed by atoms with Crippen LogP contribution in [-0.4, -0.2) is 19.5 Å². The highest BCUT2D eigenvalue weighted by atomic mass is 16.7. The molecule has 2 nitrogen and oxygen atoms in total. The number of rotatable bonds is 2. The van der Waals surface area contributed by atoms with Gasteiger partial charge < -0.3 is 9.47 Å². The molecule has 5 aliphatic rings. The molecule has 1 heterocycles. The highest BCUT2D eigenvalue weighted by Gasteiger charge is 2.60. The number of hydrogen-bond acceptors (Lipinski definition) is 2. The van der Waals surface area contributed by atoms with Gasteiger partial charge in [-0.25, -0.2) is 0 Å². The molecule has 0 aromatic carbocycles. The number of ether oxygens (including phenoxy) is 2. The van der Waals surface area contributed by atoms with E-state index in [1.165, 1.54) is 25.7 Å². The molecule has 0 aromatic heterocycles. The summed E-state index contributed by atoms with van der Waals surface area (Å²) in [5.74, 6) is 6.88. The Morgan fingerprint density at radius 2 is 1.68 bits per heavy atom. The number of allylic oxidation sites excluding steroid dienone is 2. The van der Waals surface area contributed by atoms with Crippen molar-refractivity contribution in [3.8, 4) is 0 Å². The lowest BCUT2D eigenvalue weighted by atomic mass is 9.68. The van der Waals surface area contributed by atoms with Crippen molar-refractivity contribution in [3.63, 3.8) is 0 Å². The predicted molar refractivity (Wildman–Crippen MR) is 72.3 cm³/mol. The molecule has 0 N–H and O–H groups in total. The van der Waals surface area contributed by atoms with Gasteiger partial charge in [0, 0.05) is 6.42 Å². The highest BCUT2D eigenvalue weighted by Crippen LogP contribution is 2.67. The first kappa shape index (κ1) is 11.3. The third-order valence-electron chi connectivity index (χ3n) is 6.80. The van der Waals surface area contributed by atoms with E-state index in [2.05, 4.69) is 12.2 Å². The molecule has 0 aromatic rings. The number of hydrogen-bond donors (Lipinski definition) is 0. The minimum Gasteiger partial charge on any atom is -0.353 e. The zero-order chi connectivity index (χ0) is 12.4. The van der Waals surface area contributed by atoms with Crippen molar-refractivity contribution < 1.29 is 9.47 Å². The van der Waals surface area contributed by atoms with Gasteiger partial charge in [-0.2, -0.15) is 0 Å². The second-order valence-corrected chi connectivity index (χ2v) is 7.52. The minimum atomic E-state index is 0.116. The van der Waals surface area contributed by atoms with Gasteiger partial charge in [0.1, 0.15) is 0 Å². The van der Waals surface area contributed by atoms with Gasteiger partial charge in [0.05, 0.1) is 13.2 Å². The van der Waals surface area contributed by atoms with Crippen LogP contribution in [0, 0.1) is 41.4 Å². The molecule has 3 saturated carbocycles. The van der Waals surface area contributed by atoms with Gasteiger partial charge >= 0.3 is 0 Å². The molecule has 0 spiro atoms. The lowest BCUT2D eigenvalue weighted by Crippen LogP contribution is -2.34. The van der Waals surface area contributed by atoms with Crippen LogP contribution in [-0.2, 0) is 9.47 Å². The van der Waals surface area contributed by atoms with E-state index in [1.807, 2.05) is 0 Å². The van der Waals surface area contributed by atoms with Crippen LogP contribution < -0.4 is 0 Å². The summed E-state index contributed by atoms with van der Waals surface area (Å²) in [5.41, 5.74) is 0. The lowest BCUT2D eigenvalue weighted by Gasteiger charge is -2.38. The Bertz CT molecular complexity index is 398. The van der Waals surface area contributed by atoms with E-state index in [-0.39, 0.29) is 6.29 Å². The first-order valence-electron chi connectivity index (χ1n) is 8.31. The summed E-state index contributed by atoms with van der Waals surface area (Å²) in [7, 11) is 0. The van der Waals surface area contributed by atoms with Crippen molar-refractivity contribution in [2.24, 2.45) is 41.4 Å². The number of fused-ring (bicyclic) bond motifs is 9. The van der Waals surface area contributed by atoms with E-state index >= 15 is 0 Å². The Hall–Kier alpha value is -0.340. The van der Waals surface area contributed by atoms with Crippen LogP contribution in [0.4, 0.5) is 0 Å². The second-order valence-electron chi connectivity index (χ2n) is 7.52. The molecular formula is C17H24O2. The Balaban J connectivity index is 1.32. The minimum absolute atomic E-state index is 0.116. The fourth-order valence-corrected chi connectivity index (χ4v) is 6.34. The molecule has 4 aliphatic carbocycles. The molecule has 4 fully saturated rings. The van der Waals surface area contributed by atoms with Gasteiger partial charge in [0.15, 0.2) is 6.29 Å². The molecule has 1 saturated heterocycles. The fraction of sp³-hybridized carbons (Fsp3) is 0.882. The Morgan fingerprint density at radius 1 is 0.895 bits per heavy atom. The maximum atomic E-state index is 5.78. The van der Waals surface area contributed by atoms with Crippen LogP contribution in [0.3, 0.4) is 0 Å². The van der Waals surface area contributed by atoms with Gasteiger partial charge in [-0.05, 0) is 67.1 Å². The van der Waals surface area contributed by atoms with Gasteiger partial charge in [-0.15, -0.1) is 0 Å². The van der Waals surface area contributed by atoms with Crippen molar-refractivity contribution in [1.82, 2.24) is 0 Å². The van der Waals surface area contributed by atoms with Crippen LogP contribution in [0.2, 0.25) is 0 Å². The highest BCUT2D eigenvalue weighted by molar-refractivity contribution is 5.20. The molecule has 0 amide bonds. The monoisotopic (exact) mass is 260 g/mol. The molecule has 5 rings (SSSR count). The summed E-state index contributed by atoms with van der Waals surface area (Å²) < 4.78 is 11.6. The summed E-state index contributed by atoms with van der Waals surface area (Å²) in [6.45, 7) is 1.82.